The molecule has 0 spiro atoms. The van der Waals surface area contributed by atoms with E-state index in [0.717, 1.165) is 45.7 Å². The third-order valence-electron chi connectivity index (χ3n) is 6.90. The van der Waals surface area contributed by atoms with Crippen molar-refractivity contribution in [3.8, 4) is 5.75 Å². The Morgan fingerprint density at radius 3 is 2.50 bits per heavy atom. The number of hydrogen-bond acceptors (Lipinski definition) is 4. The van der Waals surface area contributed by atoms with Crippen molar-refractivity contribution in [2.24, 2.45) is 0 Å². The number of barbiturate groups is 1. The maximum absolute atomic E-state index is 13.4. The molecule has 1 saturated heterocycles. The Bertz CT molecular complexity index is 1640. The molecule has 204 valence electrons. The highest BCUT2D eigenvalue weighted by Gasteiger charge is 2.37. The highest BCUT2D eigenvalue weighted by atomic mass is 19.1. The maximum atomic E-state index is 13.4. The number of anilines is 1. The number of halogens is 1. The summed E-state index contributed by atoms with van der Waals surface area (Å²) in [6.07, 6.45) is 4.13. The standard InChI is InChI=1S/C32H30FN3O4/c1-20(2)25-14-9-21(3)17-29(25)40-16-6-15-35-19-22(26-7-4-5-8-28(26)35)18-27-30(37)34-32(39)36(31(27)38)24-12-10-23(33)11-13-24/h4-5,7-14,17-20H,6,15-16H2,1-3H3,(H,34,37,39)/b27-18-. The van der Waals surface area contributed by atoms with E-state index in [1.54, 1.807) is 0 Å². The normalized spacial score (nSPS) is 14.9. The molecular formula is C32H30FN3O4. The van der Waals surface area contributed by atoms with Crippen LogP contribution < -0.4 is 15.0 Å². The molecule has 0 radical (unpaired) electrons. The van der Waals surface area contributed by atoms with Gasteiger partial charge in [0.15, 0.2) is 0 Å². The summed E-state index contributed by atoms with van der Waals surface area (Å²) in [5, 5.41) is 3.08. The van der Waals surface area contributed by atoms with E-state index in [-0.39, 0.29) is 11.3 Å². The fourth-order valence-corrected chi connectivity index (χ4v) is 4.87. The van der Waals surface area contributed by atoms with Crippen molar-refractivity contribution >= 4 is 40.5 Å². The Morgan fingerprint density at radius 1 is 1.00 bits per heavy atom. The molecule has 1 aliphatic heterocycles. The Balaban J connectivity index is 1.38. The maximum Gasteiger partial charge on any atom is 0.335 e. The van der Waals surface area contributed by atoms with Gasteiger partial charge in [0.25, 0.3) is 11.8 Å². The Labute approximate surface area is 231 Å². The number of fused-ring (bicyclic) bond motifs is 1. The average Bonchev–Trinajstić information content (AvgIpc) is 3.27. The number of nitrogens with one attached hydrogen (secondary N) is 1. The van der Waals surface area contributed by atoms with Crippen LogP contribution in [0.2, 0.25) is 0 Å². The van der Waals surface area contributed by atoms with Gasteiger partial charge < -0.3 is 9.30 Å². The van der Waals surface area contributed by atoms with Crippen LogP contribution in [-0.4, -0.2) is 29.0 Å². The molecule has 1 N–H and O–H groups in total. The van der Waals surface area contributed by atoms with Crippen molar-refractivity contribution in [3.05, 3.63) is 101 Å². The van der Waals surface area contributed by atoms with Gasteiger partial charge in [0.1, 0.15) is 17.1 Å². The van der Waals surface area contributed by atoms with Crippen molar-refractivity contribution in [2.75, 3.05) is 11.5 Å². The predicted octanol–water partition coefficient (Wildman–Crippen LogP) is 6.35. The van der Waals surface area contributed by atoms with Crippen LogP contribution in [0, 0.1) is 12.7 Å². The molecule has 8 heteroatoms. The lowest BCUT2D eigenvalue weighted by Gasteiger charge is -2.26. The number of aromatic nitrogens is 1. The van der Waals surface area contributed by atoms with Gasteiger partial charge in [-0.05, 0) is 72.9 Å². The molecule has 7 nitrogen and oxygen atoms in total. The average molecular weight is 540 g/mol. The molecule has 0 saturated carbocycles. The number of amides is 4. The summed E-state index contributed by atoms with van der Waals surface area (Å²) in [6.45, 7) is 7.52. The van der Waals surface area contributed by atoms with Crippen LogP contribution in [0.3, 0.4) is 0 Å². The van der Waals surface area contributed by atoms with E-state index >= 15 is 0 Å². The first-order valence-corrected chi connectivity index (χ1v) is 13.2. The van der Waals surface area contributed by atoms with Gasteiger partial charge in [-0.1, -0.05) is 44.2 Å². The zero-order valence-electron chi connectivity index (χ0n) is 22.6. The lowest BCUT2D eigenvalue weighted by Crippen LogP contribution is -2.54. The van der Waals surface area contributed by atoms with Gasteiger partial charge >= 0.3 is 6.03 Å². The first-order valence-electron chi connectivity index (χ1n) is 13.2. The van der Waals surface area contributed by atoms with E-state index in [9.17, 15) is 18.8 Å². The van der Waals surface area contributed by atoms with Crippen LogP contribution in [0.15, 0.2) is 78.5 Å². The largest absolute Gasteiger partial charge is 0.493 e. The molecule has 5 rings (SSSR count). The third-order valence-corrected chi connectivity index (χ3v) is 6.90. The number of carbonyl (C=O) groups is 3. The molecule has 2 heterocycles. The summed E-state index contributed by atoms with van der Waals surface area (Å²) in [5.74, 6) is -0.797. The van der Waals surface area contributed by atoms with Gasteiger partial charge in [0.2, 0.25) is 0 Å². The number of benzene rings is 3. The van der Waals surface area contributed by atoms with Gasteiger partial charge in [-0.15, -0.1) is 0 Å². The van der Waals surface area contributed by atoms with Crippen LogP contribution >= 0.6 is 0 Å². The third kappa shape index (κ3) is 5.38. The van der Waals surface area contributed by atoms with Gasteiger partial charge in [-0.3, -0.25) is 14.9 Å². The van der Waals surface area contributed by atoms with E-state index < -0.39 is 23.7 Å². The summed E-state index contributed by atoms with van der Waals surface area (Å²) in [6, 6.07) is 18.0. The smallest absolute Gasteiger partial charge is 0.335 e. The first kappa shape index (κ1) is 26.9. The summed E-state index contributed by atoms with van der Waals surface area (Å²) in [7, 11) is 0. The number of nitrogens with zero attached hydrogens (tertiary/aromatic N) is 2. The van der Waals surface area contributed by atoms with Crippen LogP contribution in [-0.2, 0) is 16.1 Å². The molecule has 4 aromatic rings. The van der Waals surface area contributed by atoms with E-state index in [2.05, 4.69) is 41.9 Å². The quantitative estimate of drug-likeness (QED) is 0.161. The fraction of sp³-hybridized carbons (Fsp3) is 0.219. The van der Waals surface area contributed by atoms with Crippen LogP contribution in [0.5, 0.6) is 5.75 Å². The van der Waals surface area contributed by atoms with Crippen molar-refractivity contribution in [1.82, 2.24) is 9.88 Å². The van der Waals surface area contributed by atoms with E-state index in [1.807, 2.05) is 37.4 Å². The molecule has 4 amide bonds. The topological polar surface area (TPSA) is 80.6 Å². The zero-order valence-corrected chi connectivity index (χ0v) is 22.6. The number of aryl methyl sites for hydroxylation is 2. The summed E-state index contributed by atoms with van der Waals surface area (Å²) < 4.78 is 21.6. The first-order chi connectivity index (χ1) is 19.2. The number of rotatable bonds is 8. The second-order valence-corrected chi connectivity index (χ2v) is 10.1. The Morgan fingerprint density at radius 2 is 1.75 bits per heavy atom. The van der Waals surface area contributed by atoms with E-state index in [4.69, 9.17) is 4.74 Å². The van der Waals surface area contributed by atoms with E-state index in [1.165, 1.54) is 23.8 Å². The lowest BCUT2D eigenvalue weighted by atomic mass is 10.0. The number of imide groups is 2. The van der Waals surface area contributed by atoms with E-state index in [0.29, 0.717) is 24.6 Å². The van der Waals surface area contributed by atoms with Crippen LogP contribution in [0.25, 0.3) is 17.0 Å². The fourth-order valence-electron chi connectivity index (χ4n) is 4.87. The lowest BCUT2D eigenvalue weighted by molar-refractivity contribution is -0.122. The molecule has 1 aliphatic rings. The van der Waals surface area contributed by atoms with Crippen molar-refractivity contribution < 1.29 is 23.5 Å². The number of hydrogen-bond donors (Lipinski definition) is 1. The number of para-hydroxylation sites is 1. The van der Waals surface area contributed by atoms with Crippen LogP contribution in [0.1, 0.15) is 42.9 Å². The number of carbonyl (C=O) groups excluding carboxylic acids is 3. The number of urea groups is 1. The second kappa shape index (κ2) is 11.2. The molecular weight excluding hydrogens is 509 g/mol. The van der Waals surface area contributed by atoms with Gasteiger partial charge in [-0.2, -0.15) is 0 Å². The molecule has 1 fully saturated rings. The summed E-state index contributed by atoms with van der Waals surface area (Å²) in [5.41, 5.74) is 3.92. The molecule has 1 aromatic heterocycles. The minimum Gasteiger partial charge on any atom is -0.493 e. The van der Waals surface area contributed by atoms with Gasteiger partial charge in [0, 0.05) is 29.2 Å². The van der Waals surface area contributed by atoms with Crippen molar-refractivity contribution in [1.29, 1.82) is 0 Å². The molecule has 3 aromatic carbocycles. The monoisotopic (exact) mass is 539 g/mol. The minimum absolute atomic E-state index is 0.166. The molecule has 0 bridgehead atoms. The highest BCUT2D eigenvalue weighted by molar-refractivity contribution is 6.39. The molecule has 0 atom stereocenters. The molecule has 0 unspecified atom stereocenters. The zero-order chi connectivity index (χ0) is 28.4. The molecule has 0 aliphatic carbocycles. The Hall–Kier alpha value is -4.72. The van der Waals surface area contributed by atoms with Crippen molar-refractivity contribution in [3.63, 3.8) is 0 Å². The van der Waals surface area contributed by atoms with Gasteiger partial charge in [0.05, 0.1) is 12.3 Å². The Kier molecular flexibility index (Phi) is 7.51. The number of ether oxygens (including phenoxy) is 1. The highest BCUT2D eigenvalue weighted by Crippen LogP contribution is 2.29. The second-order valence-electron chi connectivity index (χ2n) is 10.1. The predicted molar refractivity (Wildman–Crippen MR) is 153 cm³/mol. The molecule has 40 heavy (non-hydrogen) atoms. The van der Waals surface area contributed by atoms with Gasteiger partial charge in [-0.25, -0.2) is 14.1 Å². The summed E-state index contributed by atoms with van der Waals surface area (Å²) in [4.78, 5) is 39.3. The SMILES string of the molecule is Cc1ccc(C(C)C)c(OCCCn2cc(/C=C3/C(=O)NC(=O)N(c4ccc(F)cc4)C3=O)c3ccccc32)c1. The van der Waals surface area contributed by atoms with Crippen molar-refractivity contribution in [2.45, 2.75) is 39.7 Å². The summed E-state index contributed by atoms with van der Waals surface area (Å²) >= 11 is 0. The van der Waals surface area contributed by atoms with Crippen LogP contribution in [0.4, 0.5) is 14.9 Å². The minimum atomic E-state index is -0.879.